The van der Waals surface area contributed by atoms with Crippen LogP contribution < -0.4 is 15.4 Å². The highest BCUT2D eigenvalue weighted by Crippen LogP contribution is 2.40. The third-order valence-corrected chi connectivity index (χ3v) is 9.69. The molecule has 222 valence electrons. The van der Waals surface area contributed by atoms with Crippen molar-refractivity contribution in [2.24, 2.45) is 24.6 Å². The van der Waals surface area contributed by atoms with Gasteiger partial charge in [-0.15, -0.1) is 0 Å². The van der Waals surface area contributed by atoms with E-state index in [1.165, 1.54) is 6.20 Å². The number of nitriles is 1. The Hall–Kier alpha value is -5.02. The van der Waals surface area contributed by atoms with Crippen molar-refractivity contribution < 1.29 is 9.53 Å². The van der Waals surface area contributed by atoms with Crippen molar-refractivity contribution >= 4 is 33.8 Å². The molecule has 12 nitrogen and oxygen atoms in total. The van der Waals surface area contributed by atoms with Gasteiger partial charge in [-0.05, 0) is 49.1 Å². The summed E-state index contributed by atoms with van der Waals surface area (Å²) in [5.41, 5.74) is 10.6. The Labute approximate surface area is 253 Å². The minimum atomic E-state index is -0.0235. The molecule has 12 heteroatoms. The highest BCUT2D eigenvalue weighted by molar-refractivity contribution is 6.00. The van der Waals surface area contributed by atoms with E-state index in [2.05, 4.69) is 41.1 Å². The zero-order valence-electron chi connectivity index (χ0n) is 24.6. The Morgan fingerprint density at radius 1 is 1.11 bits per heavy atom. The maximum absolute atomic E-state index is 13.8. The van der Waals surface area contributed by atoms with Crippen molar-refractivity contribution in [1.29, 1.82) is 5.26 Å². The van der Waals surface area contributed by atoms with Crippen LogP contribution in [0.3, 0.4) is 0 Å². The lowest BCUT2D eigenvalue weighted by molar-refractivity contribution is 0.0700. The van der Waals surface area contributed by atoms with Crippen LogP contribution in [0.2, 0.25) is 0 Å². The number of nitrogens with two attached hydrogens (primary N) is 1. The smallest absolute Gasteiger partial charge is 0.254 e. The number of hydrogen-bond acceptors (Lipinski definition) is 9. The first-order valence-corrected chi connectivity index (χ1v) is 15.0. The van der Waals surface area contributed by atoms with Gasteiger partial charge in [0.05, 0.1) is 18.3 Å². The molecular weight excluding hydrogens is 556 g/mol. The van der Waals surface area contributed by atoms with Gasteiger partial charge < -0.3 is 29.4 Å². The minimum Gasteiger partial charge on any atom is -0.494 e. The Kier molecular flexibility index (Phi) is 6.06. The van der Waals surface area contributed by atoms with Crippen LogP contribution in [0, 0.1) is 23.2 Å². The summed E-state index contributed by atoms with van der Waals surface area (Å²) in [5, 5.41) is 10.5. The van der Waals surface area contributed by atoms with Gasteiger partial charge in [0, 0.05) is 80.8 Å². The molecule has 3 atom stereocenters. The van der Waals surface area contributed by atoms with E-state index in [1.807, 2.05) is 36.2 Å². The Morgan fingerprint density at radius 3 is 2.68 bits per heavy atom. The van der Waals surface area contributed by atoms with Crippen molar-refractivity contribution in [3.63, 3.8) is 0 Å². The number of aryl methyl sites for hydroxylation is 1. The highest BCUT2D eigenvalue weighted by atomic mass is 16.5. The van der Waals surface area contributed by atoms with Crippen molar-refractivity contribution in [1.82, 2.24) is 34.0 Å². The molecule has 2 bridgehead atoms. The molecule has 44 heavy (non-hydrogen) atoms. The Bertz CT molecular complexity index is 1980. The van der Waals surface area contributed by atoms with E-state index < -0.39 is 0 Å². The summed E-state index contributed by atoms with van der Waals surface area (Å²) in [6, 6.07) is 12.1. The standard InChI is InChI=1S/C32H32N10O2/c1-39-25(11-19-4-3-7-36-29(19)39)31-38-22-10-21(32(43)41-17-20-5-6-24(41)27(20)34)12-26(44-2)28(22)42(31)16-18-14-40(15-18)30-23(13-33)35-8-9-37-30/h3-4,7-12,18,20,24,27H,5-6,14-17,34H2,1-2H3/t20?,24?,27-/m1/s1. The van der Waals surface area contributed by atoms with E-state index >= 15 is 0 Å². The van der Waals surface area contributed by atoms with Crippen LogP contribution in [0.1, 0.15) is 28.9 Å². The molecule has 1 saturated carbocycles. The number of carbonyl (C=O) groups excluding carboxylic acids is 1. The van der Waals surface area contributed by atoms with Gasteiger partial charge in [0.25, 0.3) is 5.91 Å². The van der Waals surface area contributed by atoms with E-state index in [9.17, 15) is 10.1 Å². The predicted octanol–water partition coefficient (Wildman–Crippen LogP) is 2.96. The lowest BCUT2D eigenvalue weighted by Gasteiger charge is -2.40. The van der Waals surface area contributed by atoms with Crippen molar-refractivity contribution in [3.8, 4) is 23.3 Å². The number of aromatic nitrogens is 6. The molecular formula is C32H32N10O2. The zero-order valence-corrected chi connectivity index (χ0v) is 24.6. The number of methoxy groups -OCH3 is 1. The number of nitrogens with zero attached hydrogens (tertiary/aromatic N) is 9. The summed E-state index contributed by atoms with van der Waals surface area (Å²) in [5.74, 6) is 2.60. The molecule has 2 unspecified atom stereocenters. The second kappa shape index (κ2) is 10.0. The number of fused-ring (bicyclic) bond motifs is 4. The Balaban J connectivity index is 1.20. The first kappa shape index (κ1) is 26.6. The molecule has 3 fully saturated rings. The van der Waals surface area contributed by atoms with Crippen LogP contribution in [0.4, 0.5) is 5.82 Å². The number of rotatable bonds is 6. The first-order valence-electron chi connectivity index (χ1n) is 15.0. The van der Waals surface area contributed by atoms with Crippen LogP contribution in [0.5, 0.6) is 5.75 Å². The molecule has 8 rings (SSSR count). The third-order valence-electron chi connectivity index (χ3n) is 9.69. The molecule has 0 spiro atoms. The fourth-order valence-corrected chi connectivity index (χ4v) is 7.46. The molecule has 2 N–H and O–H groups in total. The Morgan fingerprint density at radius 2 is 1.95 bits per heavy atom. The van der Waals surface area contributed by atoms with Gasteiger partial charge in [-0.1, -0.05) is 0 Å². The minimum absolute atomic E-state index is 0.0235. The topological polar surface area (TPSA) is 144 Å². The van der Waals surface area contributed by atoms with E-state index in [4.69, 9.17) is 15.5 Å². The largest absolute Gasteiger partial charge is 0.494 e. The molecule has 1 aromatic carbocycles. The van der Waals surface area contributed by atoms with Crippen molar-refractivity contribution in [2.45, 2.75) is 31.5 Å². The summed E-state index contributed by atoms with van der Waals surface area (Å²) in [7, 11) is 3.63. The van der Waals surface area contributed by atoms with Crippen LogP contribution in [-0.4, -0.2) is 78.7 Å². The number of pyridine rings is 1. The lowest BCUT2D eigenvalue weighted by atomic mass is 9.99. The van der Waals surface area contributed by atoms with Crippen molar-refractivity contribution in [3.05, 3.63) is 60.2 Å². The number of anilines is 1. The number of ether oxygens (including phenoxy) is 1. The average molecular weight is 589 g/mol. The van der Waals surface area contributed by atoms with E-state index in [1.54, 1.807) is 19.5 Å². The SMILES string of the molecule is COc1cc(C(=O)N2CC3CCC2[C@@H]3N)cc2nc(-c3cc4cccnc4n3C)n(CC3CN(c4nccnc4C#N)C3)c12. The number of carbonyl (C=O) groups is 1. The maximum atomic E-state index is 13.8. The van der Waals surface area contributed by atoms with E-state index in [-0.39, 0.29) is 23.9 Å². The summed E-state index contributed by atoms with van der Waals surface area (Å²) < 4.78 is 10.2. The van der Waals surface area contributed by atoms with Gasteiger partial charge in [-0.3, -0.25) is 4.79 Å². The quantitative estimate of drug-likeness (QED) is 0.317. The van der Waals surface area contributed by atoms with Gasteiger partial charge in [0.2, 0.25) is 0 Å². The lowest BCUT2D eigenvalue weighted by Crippen LogP contribution is -2.49. The van der Waals surface area contributed by atoms with E-state index in [0.29, 0.717) is 47.3 Å². The van der Waals surface area contributed by atoms with Gasteiger partial charge in [0.1, 0.15) is 23.0 Å². The molecule has 3 aliphatic rings. The molecule has 1 amide bonds. The third kappa shape index (κ3) is 3.96. The van der Waals surface area contributed by atoms with Gasteiger partial charge >= 0.3 is 0 Å². The molecule has 6 heterocycles. The van der Waals surface area contributed by atoms with Gasteiger partial charge in [0.15, 0.2) is 17.3 Å². The number of imidazole rings is 1. The van der Waals surface area contributed by atoms with Crippen LogP contribution >= 0.6 is 0 Å². The molecule has 5 aromatic rings. The normalized spacial score (nSPS) is 21.3. The summed E-state index contributed by atoms with van der Waals surface area (Å²) in [4.78, 5) is 36.2. The summed E-state index contributed by atoms with van der Waals surface area (Å²) >= 11 is 0. The average Bonchev–Trinajstić information content (AvgIpc) is 3.77. The van der Waals surface area contributed by atoms with Crippen molar-refractivity contribution in [2.75, 3.05) is 31.6 Å². The predicted molar refractivity (Wildman–Crippen MR) is 164 cm³/mol. The fraction of sp³-hybridized carbons (Fsp3) is 0.375. The maximum Gasteiger partial charge on any atom is 0.254 e. The number of piperidine rings is 1. The monoisotopic (exact) mass is 588 g/mol. The molecule has 2 aliphatic heterocycles. The van der Waals surface area contributed by atoms with E-state index in [0.717, 1.165) is 54.0 Å². The fourth-order valence-electron chi connectivity index (χ4n) is 7.46. The summed E-state index contributed by atoms with van der Waals surface area (Å²) in [6.45, 7) is 2.80. The number of amides is 1. The molecule has 0 radical (unpaired) electrons. The van der Waals surface area contributed by atoms with Crippen LogP contribution in [-0.2, 0) is 13.6 Å². The number of benzene rings is 1. The molecule has 4 aromatic heterocycles. The first-order chi connectivity index (χ1) is 21.4. The zero-order chi connectivity index (χ0) is 30.1. The number of hydrogen-bond donors (Lipinski definition) is 1. The van der Waals surface area contributed by atoms with Crippen LogP contribution in [0.15, 0.2) is 48.9 Å². The molecule has 2 saturated heterocycles. The molecule has 1 aliphatic carbocycles. The van der Waals surface area contributed by atoms with Crippen LogP contribution in [0.25, 0.3) is 33.6 Å². The van der Waals surface area contributed by atoms with Gasteiger partial charge in [-0.2, -0.15) is 5.26 Å². The second-order valence-corrected chi connectivity index (χ2v) is 12.1. The van der Waals surface area contributed by atoms with Gasteiger partial charge in [-0.25, -0.2) is 19.9 Å². The second-order valence-electron chi connectivity index (χ2n) is 12.1. The highest BCUT2D eigenvalue weighted by Gasteiger charge is 2.47. The number of likely N-dealkylation sites (tertiary alicyclic amines) is 1. The summed E-state index contributed by atoms with van der Waals surface area (Å²) in [6.07, 6.45) is 6.98.